The van der Waals surface area contributed by atoms with Crippen LogP contribution in [0.5, 0.6) is 0 Å². The predicted octanol–water partition coefficient (Wildman–Crippen LogP) is 0.798. The summed E-state index contributed by atoms with van der Waals surface area (Å²) in [5.41, 5.74) is 0. The van der Waals surface area contributed by atoms with Crippen LogP contribution in [0.25, 0.3) is 0 Å². The van der Waals surface area contributed by atoms with Crippen LogP contribution in [0.1, 0.15) is 19.8 Å². The fourth-order valence-corrected chi connectivity index (χ4v) is 4.14. The first-order valence-corrected chi connectivity index (χ1v) is 10.7. The summed E-state index contributed by atoms with van der Waals surface area (Å²) < 4.78 is 26.5. The zero-order chi connectivity index (χ0) is 18.1. The molecule has 2 N–H and O–H groups in total. The maximum atomic E-state index is 12.5. The molecule has 0 saturated carbocycles. The Labute approximate surface area is 155 Å². The molecule has 2 heterocycles. The fourth-order valence-electron chi connectivity index (χ4n) is 2.60. The number of piperazine rings is 1. The van der Waals surface area contributed by atoms with Crippen molar-refractivity contribution in [1.82, 2.24) is 19.9 Å². The van der Waals surface area contributed by atoms with E-state index in [0.717, 1.165) is 25.2 Å². The third-order valence-corrected chi connectivity index (χ3v) is 6.23. The molecule has 0 amide bonds. The number of nitrogens with one attached hydrogen (secondary N) is 2. The zero-order valence-electron chi connectivity index (χ0n) is 14.6. The van der Waals surface area contributed by atoms with Crippen LogP contribution in [0.3, 0.4) is 0 Å². The van der Waals surface area contributed by atoms with Gasteiger partial charge in [0.05, 0.1) is 5.75 Å². The summed E-state index contributed by atoms with van der Waals surface area (Å²) in [6.45, 7) is 5.52. The highest BCUT2D eigenvalue weighted by atomic mass is 32.2. The molecule has 0 aliphatic carbocycles. The van der Waals surface area contributed by atoms with Gasteiger partial charge in [-0.3, -0.25) is 0 Å². The van der Waals surface area contributed by atoms with Crippen molar-refractivity contribution in [3.8, 4) is 0 Å². The van der Waals surface area contributed by atoms with Crippen LogP contribution in [0.2, 0.25) is 0 Å². The van der Waals surface area contributed by atoms with Crippen molar-refractivity contribution in [1.29, 1.82) is 0 Å². The van der Waals surface area contributed by atoms with E-state index in [2.05, 4.69) is 27.4 Å². The van der Waals surface area contributed by atoms with Crippen molar-refractivity contribution in [2.75, 3.05) is 49.9 Å². The highest BCUT2D eigenvalue weighted by Crippen LogP contribution is 2.14. The first-order valence-electron chi connectivity index (χ1n) is 8.68. The lowest BCUT2D eigenvalue weighted by Crippen LogP contribution is -2.50. The van der Waals surface area contributed by atoms with Crippen molar-refractivity contribution in [2.45, 2.75) is 19.8 Å². The number of aromatic nitrogens is 1. The van der Waals surface area contributed by atoms with Crippen molar-refractivity contribution < 1.29 is 8.42 Å². The van der Waals surface area contributed by atoms with Crippen LogP contribution < -0.4 is 15.5 Å². The van der Waals surface area contributed by atoms with Gasteiger partial charge < -0.3 is 15.5 Å². The van der Waals surface area contributed by atoms with Gasteiger partial charge in [0.1, 0.15) is 5.82 Å². The van der Waals surface area contributed by atoms with Gasteiger partial charge in [-0.25, -0.2) is 13.4 Å². The number of pyridine rings is 1. The van der Waals surface area contributed by atoms with Gasteiger partial charge in [-0.1, -0.05) is 19.4 Å². The van der Waals surface area contributed by atoms with Crippen LogP contribution in [0.15, 0.2) is 24.4 Å². The minimum atomic E-state index is -3.27. The predicted molar refractivity (Wildman–Crippen MR) is 105 cm³/mol. The highest BCUT2D eigenvalue weighted by molar-refractivity contribution is 7.89. The normalized spacial score (nSPS) is 15.8. The van der Waals surface area contributed by atoms with E-state index in [-0.39, 0.29) is 5.75 Å². The van der Waals surface area contributed by atoms with E-state index in [4.69, 9.17) is 12.2 Å². The average molecular weight is 386 g/mol. The van der Waals surface area contributed by atoms with Crippen LogP contribution in [0, 0.1) is 0 Å². The molecule has 1 aliphatic heterocycles. The van der Waals surface area contributed by atoms with E-state index in [1.54, 1.807) is 10.5 Å². The molecule has 0 aromatic carbocycles. The molecule has 0 spiro atoms. The monoisotopic (exact) mass is 385 g/mol. The maximum Gasteiger partial charge on any atom is 0.215 e. The molecule has 1 aromatic heterocycles. The van der Waals surface area contributed by atoms with Crippen molar-refractivity contribution >= 4 is 33.2 Å². The number of thiocarbonyl (C=S) groups is 1. The molecule has 1 saturated heterocycles. The minimum absolute atomic E-state index is 0.0478. The van der Waals surface area contributed by atoms with Crippen molar-refractivity contribution in [3.63, 3.8) is 0 Å². The number of hydrogen-bond donors (Lipinski definition) is 2. The van der Waals surface area contributed by atoms with Crippen LogP contribution in [0.4, 0.5) is 5.82 Å². The quantitative estimate of drug-likeness (QED) is 0.506. The van der Waals surface area contributed by atoms with E-state index in [1.807, 2.05) is 18.2 Å². The Morgan fingerprint density at radius 3 is 2.56 bits per heavy atom. The van der Waals surface area contributed by atoms with Gasteiger partial charge in [0, 0.05) is 45.5 Å². The summed E-state index contributed by atoms with van der Waals surface area (Å²) in [5, 5.41) is 6.55. The Hall–Kier alpha value is -1.45. The summed E-state index contributed by atoms with van der Waals surface area (Å²) in [6, 6.07) is 5.76. The van der Waals surface area contributed by atoms with Crippen molar-refractivity contribution in [2.24, 2.45) is 0 Å². The zero-order valence-corrected chi connectivity index (χ0v) is 16.3. The van der Waals surface area contributed by atoms with Gasteiger partial charge in [-0.05, 0) is 30.8 Å². The summed E-state index contributed by atoms with van der Waals surface area (Å²) in [6.07, 6.45) is 3.89. The number of sulfonamides is 1. The number of unbranched alkanes of at least 4 members (excludes halogenated alkanes) is 1. The Kier molecular flexibility index (Phi) is 7.86. The van der Waals surface area contributed by atoms with E-state index < -0.39 is 10.0 Å². The second-order valence-corrected chi connectivity index (χ2v) is 8.42. The lowest BCUT2D eigenvalue weighted by Gasteiger charge is -2.34. The molecule has 1 aromatic rings. The molecule has 140 valence electrons. The van der Waals surface area contributed by atoms with Gasteiger partial charge in [-0.15, -0.1) is 0 Å². The van der Waals surface area contributed by atoms with E-state index >= 15 is 0 Å². The molecule has 9 heteroatoms. The third kappa shape index (κ3) is 6.41. The summed E-state index contributed by atoms with van der Waals surface area (Å²) in [4.78, 5) is 6.42. The smallest absolute Gasteiger partial charge is 0.215 e. The number of rotatable bonds is 8. The summed E-state index contributed by atoms with van der Waals surface area (Å²) in [5.74, 6) is 0.941. The Balaban J connectivity index is 1.73. The summed E-state index contributed by atoms with van der Waals surface area (Å²) in [7, 11) is -3.27. The molecule has 25 heavy (non-hydrogen) atoms. The number of anilines is 1. The molecule has 2 rings (SSSR count). The van der Waals surface area contributed by atoms with E-state index in [9.17, 15) is 8.42 Å². The van der Waals surface area contributed by atoms with Crippen LogP contribution in [-0.2, 0) is 10.0 Å². The number of nitrogens with zero attached hydrogens (tertiary/aromatic N) is 3. The molecule has 0 radical (unpaired) electrons. The van der Waals surface area contributed by atoms with Crippen molar-refractivity contribution in [3.05, 3.63) is 24.4 Å². The Bertz CT molecular complexity index is 631. The molecule has 7 nitrogen and oxygen atoms in total. The number of hydrogen-bond acceptors (Lipinski definition) is 5. The SMILES string of the molecule is CCCCNC(=S)NCCS(=O)(=O)N1CCN(c2ccccn2)CC1. The van der Waals surface area contributed by atoms with Gasteiger partial charge in [-0.2, -0.15) is 4.31 Å². The largest absolute Gasteiger partial charge is 0.363 e. The van der Waals surface area contributed by atoms with Gasteiger partial charge in [0.2, 0.25) is 10.0 Å². The maximum absolute atomic E-state index is 12.5. The van der Waals surface area contributed by atoms with E-state index in [0.29, 0.717) is 37.8 Å². The lowest BCUT2D eigenvalue weighted by atomic mass is 10.3. The molecular formula is C16H27N5O2S2. The fraction of sp³-hybridized carbons (Fsp3) is 0.625. The average Bonchev–Trinajstić information content (AvgIpc) is 2.63. The molecule has 1 aliphatic rings. The first kappa shape index (κ1) is 19.9. The van der Waals surface area contributed by atoms with Crippen LogP contribution in [-0.4, -0.2) is 67.8 Å². The molecule has 0 atom stereocenters. The highest BCUT2D eigenvalue weighted by Gasteiger charge is 2.26. The lowest BCUT2D eigenvalue weighted by molar-refractivity contribution is 0.384. The molecular weight excluding hydrogens is 358 g/mol. The van der Waals surface area contributed by atoms with Gasteiger partial charge in [0.25, 0.3) is 0 Å². The minimum Gasteiger partial charge on any atom is -0.363 e. The standard InChI is InChI=1S/C16H27N5O2S2/c1-2-3-7-18-16(24)19-9-14-25(22,23)21-12-10-20(11-13-21)15-6-4-5-8-17-15/h4-6,8H,2-3,7,9-14H2,1H3,(H2,18,19,24). The Morgan fingerprint density at radius 2 is 1.92 bits per heavy atom. The first-order chi connectivity index (χ1) is 12.0. The second kappa shape index (κ2) is 9.88. The van der Waals surface area contributed by atoms with E-state index in [1.165, 1.54) is 0 Å². The topological polar surface area (TPSA) is 77.6 Å². The van der Waals surface area contributed by atoms with Gasteiger partial charge >= 0.3 is 0 Å². The summed E-state index contributed by atoms with van der Waals surface area (Å²) >= 11 is 5.14. The molecule has 0 bridgehead atoms. The Morgan fingerprint density at radius 1 is 1.20 bits per heavy atom. The molecule has 1 fully saturated rings. The third-order valence-electron chi connectivity index (χ3n) is 4.07. The second-order valence-electron chi connectivity index (χ2n) is 5.93. The molecule has 0 unspecified atom stereocenters. The van der Waals surface area contributed by atoms with Gasteiger partial charge in [0.15, 0.2) is 5.11 Å². The van der Waals surface area contributed by atoms with Crippen LogP contribution >= 0.6 is 12.2 Å².